The number of nitrogens with one attached hydrogen (secondary N) is 1. The Bertz CT molecular complexity index is 1300. The number of benzene rings is 2. The minimum atomic E-state index is -0.518. The molecule has 3 aromatic rings. The van der Waals surface area contributed by atoms with Gasteiger partial charge in [0.05, 0.1) is 23.1 Å². The van der Waals surface area contributed by atoms with Gasteiger partial charge in [-0.1, -0.05) is 31.0 Å². The quantitative estimate of drug-likeness (QED) is 0.416. The summed E-state index contributed by atoms with van der Waals surface area (Å²) < 4.78 is 16.5. The van der Waals surface area contributed by atoms with Crippen LogP contribution in [-0.2, 0) is 11.3 Å². The lowest BCUT2D eigenvalue weighted by Gasteiger charge is -2.35. The Hall–Kier alpha value is -3.52. The third kappa shape index (κ3) is 5.74. The van der Waals surface area contributed by atoms with E-state index >= 15 is 0 Å². The summed E-state index contributed by atoms with van der Waals surface area (Å²) in [4.78, 5) is 28.1. The van der Waals surface area contributed by atoms with E-state index in [1.165, 1.54) is 18.9 Å². The fraction of sp³-hybridized carbons (Fsp3) is 0.414. The van der Waals surface area contributed by atoms with E-state index in [1.54, 1.807) is 29.8 Å². The smallest absolute Gasteiger partial charge is 0.274 e. The summed E-state index contributed by atoms with van der Waals surface area (Å²) in [6.07, 6.45) is 6.83. The zero-order chi connectivity index (χ0) is 25.9. The van der Waals surface area contributed by atoms with E-state index in [0.717, 1.165) is 42.7 Å². The lowest BCUT2D eigenvalue weighted by molar-refractivity contribution is -0.136. The maximum atomic E-state index is 14.9. The Balaban J connectivity index is 1.42. The highest BCUT2D eigenvalue weighted by molar-refractivity contribution is 6.03. The van der Waals surface area contributed by atoms with Crippen molar-refractivity contribution in [2.75, 3.05) is 11.9 Å². The summed E-state index contributed by atoms with van der Waals surface area (Å²) >= 11 is 0. The van der Waals surface area contributed by atoms with E-state index in [4.69, 9.17) is 5.73 Å². The molecule has 2 aliphatic rings. The first-order valence-electron chi connectivity index (χ1n) is 13.2. The first kappa shape index (κ1) is 25.1. The molecule has 5 rings (SSSR count). The molecule has 0 bridgehead atoms. The monoisotopic (exact) mass is 503 g/mol. The Kier molecular flexibility index (Phi) is 7.37. The molecule has 194 valence electrons. The van der Waals surface area contributed by atoms with Crippen LogP contribution in [0.2, 0.25) is 0 Å². The minimum Gasteiger partial charge on any atom is -0.336 e. The van der Waals surface area contributed by atoms with Crippen LogP contribution in [0, 0.1) is 18.7 Å². The van der Waals surface area contributed by atoms with Crippen LogP contribution < -0.4 is 11.1 Å². The number of nitrogens with two attached hydrogens (primary N) is 1. The van der Waals surface area contributed by atoms with Crippen molar-refractivity contribution in [1.29, 1.82) is 0 Å². The number of aryl methyl sites for hydroxylation is 1. The van der Waals surface area contributed by atoms with Gasteiger partial charge in [-0.3, -0.25) is 9.59 Å². The molecule has 2 fully saturated rings. The van der Waals surface area contributed by atoms with Crippen molar-refractivity contribution < 1.29 is 14.0 Å². The van der Waals surface area contributed by atoms with Gasteiger partial charge in [0.15, 0.2) is 0 Å². The van der Waals surface area contributed by atoms with Crippen molar-refractivity contribution in [3.05, 3.63) is 76.9 Å². The number of halogens is 1. The van der Waals surface area contributed by atoms with Gasteiger partial charge >= 0.3 is 0 Å². The lowest BCUT2D eigenvalue weighted by atomic mass is 9.95. The summed E-state index contributed by atoms with van der Waals surface area (Å²) in [7, 11) is 0. The maximum absolute atomic E-state index is 14.9. The molecule has 2 heterocycles. The molecule has 1 unspecified atom stereocenters. The molecule has 0 radical (unpaired) electrons. The second-order valence-electron chi connectivity index (χ2n) is 10.2. The molecule has 1 aliphatic heterocycles. The van der Waals surface area contributed by atoms with Gasteiger partial charge in [0.2, 0.25) is 5.91 Å². The Labute approximate surface area is 216 Å². The number of rotatable bonds is 9. The highest BCUT2D eigenvalue weighted by Crippen LogP contribution is 2.39. The van der Waals surface area contributed by atoms with Gasteiger partial charge in [-0.15, -0.1) is 0 Å². The predicted octanol–water partition coefficient (Wildman–Crippen LogP) is 5.27. The molecule has 37 heavy (non-hydrogen) atoms. The first-order valence-corrected chi connectivity index (χ1v) is 13.2. The second-order valence-corrected chi connectivity index (χ2v) is 10.2. The molecule has 1 saturated carbocycles. The Morgan fingerprint density at radius 3 is 2.78 bits per heavy atom. The third-order valence-electron chi connectivity index (χ3n) is 7.36. The number of aromatic nitrogens is 2. The van der Waals surface area contributed by atoms with E-state index < -0.39 is 11.7 Å². The average Bonchev–Trinajstić information content (AvgIpc) is 3.65. The molecule has 2 aromatic carbocycles. The van der Waals surface area contributed by atoms with E-state index in [1.807, 2.05) is 29.2 Å². The topological polar surface area (TPSA) is 93.2 Å². The van der Waals surface area contributed by atoms with E-state index in [-0.39, 0.29) is 17.6 Å². The summed E-state index contributed by atoms with van der Waals surface area (Å²) in [5.41, 5.74) is 9.33. The average molecular weight is 504 g/mol. The summed E-state index contributed by atoms with van der Waals surface area (Å²) in [5, 5.41) is 7.24. The summed E-state index contributed by atoms with van der Waals surface area (Å²) in [6.45, 7) is 2.89. The first-order chi connectivity index (χ1) is 17.9. The van der Waals surface area contributed by atoms with Crippen molar-refractivity contribution >= 4 is 17.5 Å². The van der Waals surface area contributed by atoms with Gasteiger partial charge in [-0.05, 0) is 80.0 Å². The molecule has 0 spiro atoms. The van der Waals surface area contributed by atoms with Crippen molar-refractivity contribution in [3.63, 3.8) is 0 Å². The zero-order valence-electron chi connectivity index (χ0n) is 21.3. The molecule has 3 N–H and O–H groups in total. The molecular weight excluding hydrogens is 469 g/mol. The number of carbonyl (C=O) groups is 2. The summed E-state index contributed by atoms with van der Waals surface area (Å²) in [5.74, 6) is -0.0985. The van der Waals surface area contributed by atoms with Crippen LogP contribution in [0.1, 0.15) is 78.3 Å². The molecule has 2 amide bonds. The number of hydrogen-bond donors (Lipinski definition) is 2. The normalized spacial score (nSPS) is 16.6. The fourth-order valence-electron chi connectivity index (χ4n) is 5.16. The molecule has 1 aromatic heterocycles. The number of carbonyl (C=O) groups excluding carboxylic acids is 2. The molecule has 1 aliphatic carbocycles. The number of piperidine rings is 1. The van der Waals surface area contributed by atoms with Gasteiger partial charge in [0, 0.05) is 19.5 Å². The zero-order valence-corrected chi connectivity index (χ0v) is 21.3. The third-order valence-corrected chi connectivity index (χ3v) is 7.36. The van der Waals surface area contributed by atoms with E-state index in [0.29, 0.717) is 36.6 Å². The fourth-order valence-corrected chi connectivity index (χ4v) is 5.16. The number of amides is 2. The van der Waals surface area contributed by atoms with Crippen LogP contribution in [-0.4, -0.2) is 33.0 Å². The van der Waals surface area contributed by atoms with Crippen molar-refractivity contribution in [1.82, 2.24) is 14.7 Å². The standard InChI is InChI=1S/C29H34FN5O2/c1-19-15-27(35(33-19)23-6-4-5-21(16-23)18-31)29(37)32-25-17-22(11-12-24(25)30)26(13-10-20-8-9-20)34-14-3-2-7-28(34)36/h4-6,11-12,15-17,20,26H,2-3,7-10,13-14,18,31H2,1H3,(H,32,37). The van der Waals surface area contributed by atoms with Crippen molar-refractivity contribution in [3.8, 4) is 5.69 Å². The van der Waals surface area contributed by atoms with Crippen molar-refractivity contribution in [2.24, 2.45) is 11.7 Å². The molecular formula is C29H34FN5O2. The lowest BCUT2D eigenvalue weighted by Crippen LogP contribution is -2.38. The molecule has 1 saturated heterocycles. The highest BCUT2D eigenvalue weighted by Gasteiger charge is 2.30. The number of anilines is 1. The van der Waals surface area contributed by atoms with Gasteiger partial charge in [-0.2, -0.15) is 5.10 Å². The molecule has 7 nitrogen and oxygen atoms in total. The predicted molar refractivity (Wildman–Crippen MR) is 141 cm³/mol. The minimum absolute atomic E-state index is 0.101. The van der Waals surface area contributed by atoms with Crippen LogP contribution in [0.15, 0.2) is 48.5 Å². The van der Waals surface area contributed by atoms with E-state index in [2.05, 4.69) is 10.4 Å². The van der Waals surface area contributed by atoms with Crippen molar-refractivity contribution in [2.45, 2.75) is 64.5 Å². The number of nitrogens with zero attached hydrogens (tertiary/aromatic N) is 3. The summed E-state index contributed by atoms with van der Waals surface area (Å²) in [6, 6.07) is 13.9. The van der Waals surface area contributed by atoms with Gasteiger partial charge < -0.3 is 16.0 Å². The Morgan fingerprint density at radius 1 is 1.19 bits per heavy atom. The van der Waals surface area contributed by atoms with Crippen LogP contribution in [0.4, 0.5) is 10.1 Å². The van der Waals surface area contributed by atoms with Crippen LogP contribution in [0.3, 0.4) is 0 Å². The number of hydrogen-bond acceptors (Lipinski definition) is 4. The molecule has 1 atom stereocenters. The van der Waals surface area contributed by atoms with Gasteiger partial charge in [-0.25, -0.2) is 9.07 Å². The SMILES string of the molecule is Cc1cc(C(=O)Nc2cc(C(CCC3CC3)N3CCCCC3=O)ccc2F)n(-c2cccc(CN)c2)n1. The van der Waals surface area contributed by atoms with Crippen LogP contribution >= 0.6 is 0 Å². The highest BCUT2D eigenvalue weighted by atomic mass is 19.1. The Morgan fingerprint density at radius 2 is 2.03 bits per heavy atom. The van der Waals surface area contributed by atoms with E-state index in [9.17, 15) is 14.0 Å². The maximum Gasteiger partial charge on any atom is 0.274 e. The second kappa shape index (κ2) is 10.8. The van der Waals surface area contributed by atoms with Crippen LogP contribution in [0.5, 0.6) is 0 Å². The largest absolute Gasteiger partial charge is 0.336 e. The molecule has 8 heteroatoms. The van der Waals surface area contributed by atoms with Crippen LogP contribution in [0.25, 0.3) is 5.69 Å². The number of likely N-dealkylation sites (tertiary alicyclic amines) is 1. The van der Waals surface area contributed by atoms with Gasteiger partial charge in [0.25, 0.3) is 5.91 Å². The van der Waals surface area contributed by atoms with Gasteiger partial charge in [0.1, 0.15) is 11.5 Å².